The first kappa shape index (κ1) is 25.9. The van der Waals surface area contributed by atoms with Crippen LogP contribution >= 0.6 is 0 Å². The van der Waals surface area contributed by atoms with Crippen molar-refractivity contribution >= 4 is 23.8 Å². The van der Waals surface area contributed by atoms with E-state index in [2.05, 4.69) is 0 Å². The van der Waals surface area contributed by atoms with Crippen LogP contribution in [-0.4, -0.2) is 36.3 Å². The molecule has 0 bridgehead atoms. The molecule has 3 aromatic carbocycles. The van der Waals surface area contributed by atoms with E-state index in [1.54, 1.807) is 24.3 Å². The molecular formula is C29H23F4NO3. The minimum Gasteiger partial charge on any atom is -0.494 e. The van der Waals surface area contributed by atoms with Gasteiger partial charge in [-0.3, -0.25) is 9.59 Å². The second-order valence-corrected chi connectivity index (χ2v) is 8.55. The van der Waals surface area contributed by atoms with Crippen molar-refractivity contribution in [2.75, 3.05) is 19.7 Å². The van der Waals surface area contributed by atoms with Crippen LogP contribution in [0.25, 0.3) is 12.2 Å². The number of ether oxygens (including phenoxy) is 1. The molecule has 0 atom stereocenters. The number of amides is 1. The normalized spacial score (nSPS) is 15.9. The van der Waals surface area contributed by atoms with Gasteiger partial charge in [-0.05, 0) is 72.2 Å². The fourth-order valence-corrected chi connectivity index (χ4v) is 3.91. The van der Waals surface area contributed by atoms with E-state index in [0.717, 1.165) is 30.7 Å². The van der Waals surface area contributed by atoms with Gasteiger partial charge < -0.3 is 9.64 Å². The number of benzene rings is 3. The molecule has 190 valence electrons. The summed E-state index contributed by atoms with van der Waals surface area (Å²) >= 11 is 0. The van der Waals surface area contributed by atoms with Crippen LogP contribution in [0.5, 0.6) is 5.75 Å². The van der Waals surface area contributed by atoms with Crippen LogP contribution in [0.2, 0.25) is 0 Å². The Balaban J connectivity index is 1.72. The van der Waals surface area contributed by atoms with E-state index >= 15 is 0 Å². The van der Waals surface area contributed by atoms with Gasteiger partial charge in [-0.25, -0.2) is 17.6 Å². The third-order valence-corrected chi connectivity index (χ3v) is 5.72. The number of hydrogen-bond donors (Lipinski definition) is 0. The average molecular weight is 509 g/mol. The van der Waals surface area contributed by atoms with Gasteiger partial charge in [-0.1, -0.05) is 25.1 Å². The zero-order valence-electron chi connectivity index (χ0n) is 19.9. The lowest BCUT2D eigenvalue weighted by Gasteiger charge is -2.30. The molecule has 0 saturated carbocycles. The molecule has 1 saturated heterocycles. The molecular weight excluding hydrogens is 486 g/mol. The lowest BCUT2D eigenvalue weighted by molar-refractivity contribution is -0.113. The van der Waals surface area contributed by atoms with Gasteiger partial charge in [0.2, 0.25) is 0 Å². The van der Waals surface area contributed by atoms with Crippen molar-refractivity contribution in [2.45, 2.75) is 13.3 Å². The highest BCUT2D eigenvalue weighted by Crippen LogP contribution is 2.25. The average Bonchev–Trinajstić information content (AvgIpc) is 2.89. The van der Waals surface area contributed by atoms with Gasteiger partial charge >= 0.3 is 0 Å². The summed E-state index contributed by atoms with van der Waals surface area (Å²) < 4.78 is 59.9. The Bertz CT molecular complexity index is 1340. The van der Waals surface area contributed by atoms with Crippen molar-refractivity contribution < 1.29 is 31.9 Å². The number of rotatable bonds is 6. The number of ketones is 1. The van der Waals surface area contributed by atoms with Crippen molar-refractivity contribution in [3.63, 3.8) is 0 Å². The molecule has 0 aromatic heterocycles. The van der Waals surface area contributed by atoms with Crippen LogP contribution in [0, 0.1) is 23.3 Å². The van der Waals surface area contributed by atoms with E-state index in [4.69, 9.17) is 4.74 Å². The molecule has 3 aromatic rings. The van der Waals surface area contributed by atoms with Crippen LogP contribution in [0.4, 0.5) is 17.6 Å². The molecule has 0 aliphatic carbocycles. The number of likely N-dealkylation sites (tertiary alicyclic amines) is 1. The fraction of sp³-hybridized carbons (Fsp3) is 0.172. The first-order chi connectivity index (χ1) is 17.7. The maximum absolute atomic E-state index is 13.8. The van der Waals surface area contributed by atoms with Gasteiger partial charge in [0.15, 0.2) is 29.1 Å². The molecule has 1 fully saturated rings. The Morgan fingerprint density at radius 2 is 1.41 bits per heavy atom. The molecule has 1 aliphatic rings. The van der Waals surface area contributed by atoms with E-state index in [9.17, 15) is 27.2 Å². The number of nitrogens with zero attached hydrogens (tertiary/aromatic N) is 1. The van der Waals surface area contributed by atoms with Gasteiger partial charge in [0.1, 0.15) is 5.75 Å². The molecule has 1 aliphatic heterocycles. The van der Waals surface area contributed by atoms with Crippen molar-refractivity contribution in [1.82, 2.24) is 4.90 Å². The molecule has 0 unspecified atom stereocenters. The van der Waals surface area contributed by atoms with Crippen molar-refractivity contribution in [1.29, 1.82) is 0 Å². The molecule has 8 heteroatoms. The second-order valence-electron chi connectivity index (χ2n) is 8.55. The van der Waals surface area contributed by atoms with Gasteiger partial charge in [-0.2, -0.15) is 0 Å². The highest BCUT2D eigenvalue weighted by Gasteiger charge is 2.30. The lowest BCUT2D eigenvalue weighted by Crippen LogP contribution is -2.41. The van der Waals surface area contributed by atoms with Crippen LogP contribution in [-0.2, 0) is 4.79 Å². The maximum atomic E-state index is 13.8. The number of carbonyl (C=O) groups excluding carboxylic acids is 2. The van der Waals surface area contributed by atoms with E-state index in [-0.39, 0.29) is 41.3 Å². The van der Waals surface area contributed by atoms with Crippen molar-refractivity contribution in [3.05, 3.63) is 112 Å². The standard InChI is InChI=1S/C29H23F4NO3/c1-2-10-37-23-5-3-4-20(15-23)29(36)34-16-21(11-18-6-8-24(30)26(32)13-18)28(35)22(17-34)12-19-7-9-25(31)27(33)14-19/h3-9,11-15H,2,10,16-17H2,1H3/b21-11+,22-12+. The van der Waals surface area contributed by atoms with E-state index in [1.807, 2.05) is 6.92 Å². The van der Waals surface area contributed by atoms with E-state index in [0.29, 0.717) is 17.9 Å². The Morgan fingerprint density at radius 3 is 1.92 bits per heavy atom. The minimum atomic E-state index is -1.08. The third kappa shape index (κ3) is 6.14. The monoisotopic (exact) mass is 509 g/mol. The van der Waals surface area contributed by atoms with Crippen LogP contribution in [0.1, 0.15) is 34.8 Å². The highest BCUT2D eigenvalue weighted by atomic mass is 19.2. The first-order valence-electron chi connectivity index (χ1n) is 11.6. The largest absolute Gasteiger partial charge is 0.494 e. The maximum Gasteiger partial charge on any atom is 0.254 e. The lowest BCUT2D eigenvalue weighted by atomic mass is 9.93. The van der Waals surface area contributed by atoms with Gasteiger partial charge in [-0.15, -0.1) is 0 Å². The summed E-state index contributed by atoms with van der Waals surface area (Å²) in [6.45, 7) is 2.26. The molecule has 4 nitrogen and oxygen atoms in total. The number of piperidine rings is 1. The summed E-state index contributed by atoms with van der Waals surface area (Å²) in [7, 11) is 0. The Hall–Kier alpha value is -4.20. The zero-order chi connectivity index (χ0) is 26.5. The molecule has 0 spiro atoms. The summed E-state index contributed by atoms with van der Waals surface area (Å²) in [6.07, 6.45) is 3.55. The van der Waals surface area contributed by atoms with E-state index < -0.39 is 29.1 Å². The summed E-state index contributed by atoms with van der Waals surface area (Å²) in [4.78, 5) is 28.1. The summed E-state index contributed by atoms with van der Waals surface area (Å²) in [6, 6.07) is 13.0. The SMILES string of the molecule is CCCOc1cccc(C(=O)N2C/C(=C\c3ccc(F)c(F)c3)C(=O)/C(=C/c3ccc(F)c(F)c3)C2)c1. The van der Waals surface area contributed by atoms with Crippen LogP contribution in [0.3, 0.4) is 0 Å². The second kappa shape index (κ2) is 11.2. The quantitative estimate of drug-likeness (QED) is 0.293. The zero-order valence-corrected chi connectivity index (χ0v) is 19.9. The molecule has 0 N–H and O–H groups in total. The first-order valence-corrected chi connectivity index (χ1v) is 11.6. The summed E-state index contributed by atoms with van der Waals surface area (Å²) in [5.41, 5.74) is 1.11. The highest BCUT2D eigenvalue weighted by molar-refractivity contribution is 6.15. The number of halogens is 4. The number of Topliss-reactive ketones (excluding diaryl/α,β-unsaturated/α-hetero) is 1. The molecule has 1 heterocycles. The van der Waals surface area contributed by atoms with Gasteiger partial charge in [0.05, 0.1) is 19.7 Å². The minimum absolute atomic E-state index is 0.0914. The van der Waals surface area contributed by atoms with Crippen molar-refractivity contribution in [3.8, 4) is 5.75 Å². The summed E-state index contributed by atoms with van der Waals surface area (Å²) in [5, 5.41) is 0. The predicted octanol–water partition coefficient (Wildman–Crippen LogP) is 6.22. The van der Waals surface area contributed by atoms with Crippen molar-refractivity contribution in [2.24, 2.45) is 0 Å². The molecule has 0 radical (unpaired) electrons. The predicted molar refractivity (Wildman–Crippen MR) is 132 cm³/mol. The van der Waals surface area contributed by atoms with Crippen LogP contribution < -0.4 is 4.74 Å². The van der Waals surface area contributed by atoms with Crippen LogP contribution in [0.15, 0.2) is 71.8 Å². The fourth-order valence-electron chi connectivity index (χ4n) is 3.91. The number of hydrogen-bond acceptors (Lipinski definition) is 3. The smallest absolute Gasteiger partial charge is 0.254 e. The Kier molecular flexibility index (Phi) is 7.86. The summed E-state index contributed by atoms with van der Waals surface area (Å²) in [5.74, 6) is -4.52. The Morgan fingerprint density at radius 1 is 0.838 bits per heavy atom. The van der Waals surface area contributed by atoms with E-state index in [1.165, 1.54) is 29.2 Å². The topological polar surface area (TPSA) is 46.6 Å². The third-order valence-electron chi connectivity index (χ3n) is 5.72. The molecule has 37 heavy (non-hydrogen) atoms. The van der Waals surface area contributed by atoms with Gasteiger partial charge in [0, 0.05) is 16.7 Å². The number of carbonyl (C=O) groups is 2. The molecule has 4 rings (SSSR count). The van der Waals surface area contributed by atoms with Gasteiger partial charge in [0.25, 0.3) is 5.91 Å². The Labute approximate surface area is 211 Å². The molecule has 1 amide bonds.